The number of H-pyrrole nitrogens is 1. The molecule has 0 aliphatic rings. The zero-order valence-corrected chi connectivity index (χ0v) is 9.47. The number of aromatic amines is 1. The van der Waals surface area contributed by atoms with Gasteiger partial charge in [-0.15, -0.1) is 0 Å². The van der Waals surface area contributed by atoms with Crippen LogP contribution in [0.4, 0.5) is 0 Å². The maximum Gasteiger partial charge on any atom is 0.241 e. The van der Waals surface area contributed by atoms with Crippen molar-refractivity contribution in [3.63, 3.8) is 0 Å². The third-order valence-corrected chi connectivity index (χ3v) is 1.09. The van der Waals surface area contributed by atoms with Crippen LogP contribution in [0.3, 0.4) is 0 Å². The number of aryl methyl sites for hydroxylation is 1. The van der Waals surface area contributed by atoms with E-state index < -0.39 is 0 Å². The first-order chi connectivity index (χ1) is 5.31. The predicted molar refractivity (Wildman–Crippen MR) is 44.1 cm³/mol. The van der Waals surface area contributed by atoms with Gasteiger partial charge in [0, 0.05) is 13.2 Å². The van der Waals surface area contributed by atoms with Crippen LogP contribution in [-0.4, -0.2) is 18.2 Å². The lowest BCUT2D eigenvalue weighted by atomic mass is 10.8. The van der Waals surface area contributed by atoms with Gasteiger partial charge in [-0.1, -0.05) is 0 Å². The molecule has 0 saturated heterocycles. The van der Waals surface area contributed by atoms with Crippen LogP contribution in [0, 0.1) is 0 Å². The van der Waals surface area contributed by atoms with Crippen molar-refractivity contribution in [1.82, 2.24) is 4.98 Å². The summed E-state index contributed by atoms with van der Waals surface area (Å²) in [5.41, 5.74) is 0. The van der Waals surface area contributed by atoms with E-state index in [-0.39, 0.29) is 17.0 Å². The van der Waals surface area contributed by atoms with Gasteiger partial charge >= 0.3 is 0 Å². The third kappa shape index (κ3) is 9.65. The van der Waals surface area contributed by atoms with E-state index in [0.29, 0.717) is 0 Å². The van der Waals surface area contributed by atoms with Gasteiger partial charge in [-0.05, 0) is 13.8 Å². The number of aromatic nitrogens is 2. The summed E-state index contributed by atoms with van der Waals surface area (Å²) in [6.45, 7) is 5.67. The molecule has 0 atom stereocenters. The molecule has 1 heterocycles. The summed E-state index contributed by atoms with van der Waals surface area (Å²) < 4.78 is 6.78. The number of halogens is 1. The van der Waals surface area contributed by atoms with Gasteiger partial charge in [-0.3, -0.25) is 4.98 Å². The summed E-state index contributed by atoms with van der Waals surface area (Å²) in [7, 11) is 1.97. The van der Waals surface area contributed by atoms with E-state index in [1.807, 2.05) is 44.2 Å². The average molecular weight is 237 g/mol. The molecule has 1 rings (SSSR count). The Balaban J connectivity index is 0. The molecule has 0 unspecified atom stereocenters. The molecule has 4 heteroatoms. The van der Waals surface area contributed by atoms with E-state index in [1.165, 1.54) is 0 Å². The number of nitrogens with one attached hydrogen (secondary N) is 1. The highest BCUT2D eigenvalue weighted by Crippen LogP contribution is 1.64. The zero-order chi connectivity index (χ0) is 8.53. The second kappa shape index (κ2) is 10.7. The Hall–Kier alpha value is -0.350. The number of rotatable bonds is 2. The summed E-state index contributed by atoms with van der Waals surface area (Å²) in [6, 6.07) is 0. The fraction of sp³-hybridized carbons (Fsp3) is 0.625. The van der Waals surface area contributed by atoms with Crippen LogP contribution in [0.1, 0.15) is 13.8 Å². The molecule has 72 valence electrons. The van der Waals surface area contributed by atoms with E-state index in [1.54, 1.807) is 0 Å². The van der Waals surface area contributed by atoms with Crippen molar-refractivity contribution in [2.75, 3.05) is 13.2 Å². The van der Waals surface area contributed by atoms with Gasteiger partial charge in [0.15, 0.2) is 0 Å². The fourth-order valence-electron chi connectivity index (χ4n) is 0.568. The Kier molecular flexibility index (Phi) is 12.6. The minimum atomic E-state index is 0. The molecule has 0 saturated carbocycles. The molecule has 3 nitrogen and oxygen atoms in total. The van der Waals surface area contributed by atoms with E-state index in [4.69, 9.17) is 4.74 Å². The number of hydrogen-bond acceptors (Lipinski definition) is 1. The molecule has 1 aromatic rings. The minimum absolute atomic E-state index is 0. The SMILES string of the molecule is CCOCC.C[n+]1cc[nH]c1.[Br-]. The normalized spacial score (nSPS) is 7.92. The monoisotopic (exact) mass is 236 g/mol. The second-order valence-corrected chi connectivity index (χ2v) is 2.06. The fourth-order valence-corrected chi connectivity index (χ4v) is 0.568. The third-order valence-electron chi connectivity index (χ3n) is 1.09. The average Bonchev–Trinajstić information content (AvgIpc) is 2.43. The first-order valence-electron chi connectivity index (χ1n) is 3.87. The highest BCUT2D eigenvalue weighted by atomic mass is 79.9. The van der Waals surface area contributed by atoms with Crippen molar-refractivity contribution in [1.29, 1.82) is 0 Å². The summed E-state index contributed by atoms with van der Waals surface area (Å²) >= 11 is 0. The molecule has 0 aliphatic carbocycles. The van der Waals surface area contributed by atoms with Crippen LogP contribution in [-0.2, 0) is 11.8 Å². The van der Waals surface area contributed by atoms with Gasteiger partial charge in [-0.2, -0.15) is 0 Å². The van der Waals surface area contributed by atoms with Crippen LogP contribution >= 0.6 is 0 Å². The maximum absolute atomic E-state index is 4.83. The molecule has 0 amide bonds. The molecule has 0 radical (unpaired) electrons. The lowest BCUT2D eigenvalue weighted by Gasteiger charge is -1.86. The van der Waals surface area contributed by atoms with E-state index in [0.717, 1.165) is 13.2 Å². The van der Waals surface area contributed by atoms with Gasteiger partial charge < -0.3 is 21.7 Å². The van der Waals surface area contributed by atoms with Gasteiger partial charge in [-0.25, -0.2) is 4.57 Å². The van der Waals surface area contributed by atoms with Crippen LogP contribution in [0.5, 0.6) is 0 Å². The summed E-state index contributed by atoms with van der Waals surface area (Å²) in [4.78, 5) is 2.89. The van der Waals surface area contributed by atoms with Gasteiger partial charge in [0.25, 0.3) is 0 Å². The topological polar surface area (TPSA) is 28.9 Å². The number of ether oxygens (including phenoxy) is 1. The lowest BCUT2D eigenvalue weighted by Crippen LogP contribution is -3.00. The highest BCUT2D eigenvalue weighted by molar-refractivity contribution is 4.54. The first kappa shape index (κ1) is 14.2. The molecule has 0 aliphatic heterocycles. The van der Waals surface area contributed by atoms with E-state index in [2.05, 4.69) is 4.98 Å². The van der Waals surface area contributed by atoms with E-state index >= 15 is 0 Å². The molecule has 0 bridgehead atoms. The minimum Gasteiger partial charge on any atom is -1.00 e. The molecular formula is C8H17BrN2O. The van der Waals surface area contributed by atoms with Gasteiger partial charge in [0.2, 0.25) is 6.33 Å². The van der Waals surface area contributed by atoms with Crippen LogP contribution < -0.4 is 21.5 Å². The Morgan fingerprint density at radius 3 is 2.00 bits per heavy atom. The molecule has 1 N–H and O–H groups in total. The second-order valence-electron chi connectivity index (χ2n) is 2.06. The summed E-state index contributed by atoms with van der Waals surface area (Å²) in [6.07, 6.45) is 5.69. The molecule has 0 aromatic carbocycles. The van der Waals surface area contributed by atoms with Crippen molar-refractivity contribution < 1.29 is 26.3 Å². The number of nitrogens with zero attached hydrogens (tertiary/aromatic N) is 1. The van der Waals surface area contributed by atoms with Crippen molar-refractivity contribution in [2.45, 2.75) is 13.8 Å². The maximum atomic E-state index is 4.83. The van der Waals surface area contributed by atoms with Crippen LogP contribution in [0.15, 0.2) is 18.7 Å². The Bertz CT molecular complexity index is 152. The standard InChI is InChI=1S/C4H6N2.C4H10O.BrH/c1-6-3-2-5-4-6;1-3-5-4-2;/h2-4H,1H3;3-4H2,1-2H3;1H. The van der Waals surface area contributed by atoms with Crippen LogP contribution in [0.25, 0.3) is 0 Å². The molecule has 0 spiro atoms. The Labute approximate surface area is 84.5 Å². The quantitative estimate of drug-likeness (QED) is 0.586. The summed E-state index contributed by atoms with van der Waals surface area (Å²) in [5.74, 6) is 0. The Morgan fingerprint density at radius 2 is 1.92 bits per heavy atom. The Morgan fingerprint density at radius 1 is 1.33 bits per heavy atom. The first-order valence-corrected chi connectivity index (χ1v) is 3.87. The number of imidazole rings is 1. The van der Waals surface area contributed by atoms with Crippen LogP contribution in [0.2, 0.25) is 0 Å². The van der Waals surface area contributed by atoms with Crippen molar-refractivity contribution >= 4 is 0 Å². The smallest absolute Gasteiger partial charge is 0.241 e. The van der Waals surface area contributed by atoms with E-state index in [9.17, 15) is 0 Å². The van der Waals surface area contributed by atoms with Gasteiger partial charge in [0.05, 0.1) is 7.05 Å². The molecule has 0 fully saturated rings. The zero-order valence-electron chi connectivity index (χ0n) is 7.88. The molecule has 12 heavy (non-hydrogen) atoms. The molecule has 1 aromatic heterocycles. The van der Waals surface area contributed by atoms with Crippen molar-refractivity contribution in [3.05, 3.63) is 18.7 Å². The highest BCUT2D eigenvalue weighted by Gasteiger charge is 1.78. The largest absolute Gasteiger partial charge is 1.00 e. The molecular weight excluding hydrogens is 220 g/mol. The lowest BCUT2D eigenvalue weighted by molar-refractivity contribution is -0.670. The summed E-state index contributed by atoms with van der Waals surface area (Å²) in [5, 5.41) is 0. The van der Waals surface area contributed by atoms with Crippen molar-refractivity contribution in [3.8, 4) is 0 Å². The van der Waals surface area contributed by atoms with Gasteiger partial charge in [0.1, 0.15) is 12.4 Å². The number of hydrogen-bond donors (Lipinski definition) is 1. The predicted octanol–water partition coefficient (Wildman–Crippen LogP) is -2.11. The van der Waals surface area contributed by atoms with Crippen molar-refractivity contribution in [2.24, 2.45) is 7.05 Å².